The average molecular weight is 589 g/mol. The maximum atomic E-state index is 13.0. The fraction of sp³-hybridized carbons (Fsp3) is 0.320. The Labute approximate surface area is 224 Å². The van der Waals surface area contributed by atoms with Crippen molar-refractivity contribution in [2.24, 2.45) is 0 Å². The molecule has 0 heterocycles. The van der Waals surface area contributed by atoms with Crippen LogP contribution >= 0.6 is 0 Å². The summed E-state index contributed by atoms with van der Waals surface area (Å²) in [6.07, 6.45) is -1.63. The smallest absolute Gasteiger partial charge is 0.338 e. The second-order valence-corrected chi connectivity index (χ2v) is 12.8. The van der Waals surface area contributed by atoms with Gasteiger partial charge in [0.2, 0.25) is 0 Å². The number of rotatable bonds is 14. The Kier molecular flexibility index (Phi) is 11.3. The lowest BCUT2D eigenvalue weighted by Gasteiger charge is -2.18. The number of hydrogen-bond acceptors (Lipinski definition) is 10. The van der Waals surface area contributed by atoms with Crippen molar-refractivity contribution in [3.05, 3.63) is 83.4 Å². The van der Waals surface area contributed by atoms with E-state index in [1.54, 1.807) is 0 Å². The van der Waals surface area contributed by atoms with E-state index in [1.807, 2.05) is 0 Å². The fourth-order valence-corrected chi connectivity index (χ4v) is 5.62. The summed E-state index contributed by atoms with van der Waals surface area (Å²) in [5.74, 6) is -7.20. The summed E-state index contributed by atoms with van der Waals surface area (Å²) < 4.78 is 91.0. The van der Waals surface area contributed by atoms with E-state index in [-0.39, 0.29) is 16.7 Å². The van der Waals surface area contributed by atoms with Crippen molar-refractivity contribution < 1.29 is 54.2 Å². The Morgan fingerprint density at radius 3 is 1.44 bits per heavy atom. The van der Waals surface area contributed by atoms with E-state index in [0.29, 0.717) is 0 Å². The van der Waals surface area contributed by atoms with Crippen LogP contribution in [-0.2, 0) is 38.7 Å². The largest absolute Gasteiger partial charge is 0.461 e. The molecule has 0 spiro atoms. The number of carbonyl (C=O) groups excluding carboxylic acids is 3. The Bertz CT molecular complexity index is 1310. The molecule has 0 bridgehead atoms. The molecule has 212 valence electrons. The van der Waals surface area contributed by atoms with Crippen LogP contribution in [0.15, 0.2) is 60.7 Å². The standard InChI is InChI=1S/C25H26F2O10S2/c1-17(2)23(28)37-22(15-38(31,32)13-11-35-24(29)18-3-7-20(26)8-4-18)16-39(33,34)14-12-36-25(30)19-5-9-21(27)10-6-19/h3-10,22H,1,11-16H2,2H3. The van der Waals surface area contributed by atoms with Crippen LogP contribution in [0.3, 0.4) is 0 Å². The number of ether oxygens (including phenoxy) is 3. The van der Waals surface area contributed by atoms with Gasteiger partial charge in [0, 0.05) is 5.57 Å². The molecule has 0 aromatic heterocycles. The first kappa shape index (κ1) is 31.6. The molecule has 2 aromatic rings. The first-order valence-electron chi connectivity index (χ1n) is 11.3. The molecule has 39 heavy (non-hydrogen) atoms. The van der Waals surface area contributed by atoms with Gasteiger partial charge in [0.05, 0.1) is 34.1 Å². The van der Waals surface area contributed by atoms with Gasteiger partial charge in [0.25, 0.3) is 0 Å². The van der Waals surface area contributed by atoms with E-state index in [4.69, 9.17) is 14.2 Å². The molecule has 2 rings (SSSR count). The molecule has 0 amide bonds. The third kappa shape index (κ3) is 11.3. The van der Waals surface area contributed by atoms with Gasteiger partial charge in [-0.1, -0.05) is 6.58 Å². The van der Waals surface area contributed by atoms with Crippen LogP contribution in [0, 0.1) is 11.6 Å². The Morgan fingerprint density at radius 1 is 0.744 bits per heavy atom. The molecule has 14 heteroatoms. The molecule has 10 nitrogen and oxygen atoms in total. The molecule has 0 aliphatic carbocycles. The molecule has 2 aromatic carbocycles. The zero-order valence-electron chi connectivity index (χ0n) is 20.8. The lowest BCUT2D eigenvalue weighted by molar-refractivity contribution is -0.142. The van der Waals surface area contributed by atoms with Crippen molar-refractivity contribution in [2.75, 3.05) is 36.2 Å². The van der Waals surface area contributed by atoms with Crippen molar-refractivity contribution in [3.8, 4) is 0 Å². The summed E-state index contributed by atoms with van der Waals surface area (Å²) >= 11 is 0. The normalized spacial score (nSPS) is 11.6. The van der Waals surface area contributed by atoms with Crippen molar-refractivity contribution in [1.82, 2.24) is 0 Å². The van der Waals surface area contributed by atoms with Crippen LogP contribution in [0.5, 0.6) is 0 Å². The van der Waals surface area contributed by atoms with E-state index >= 15 is 0 Å². The first-order valence-corrected chi connectivity index (χ1v) is 14.9. The SMILES string of the molecule is C=C(C)C(=O)OC(CS(=O)(=O)CCOC(=O)c1ccc(F)cc1)CS(=O)(=O)CCOC(=O)c1ccc(F)cc1. The highest BCUT2D eigenvalue weighted by Crippen LogP contribution is 2.10. The lowest BCUT2D eigenvalue weighted by Crippen LogP contribution is -2.36. The highest BCUT2D eigenvalue weighted by molar-refractivity contribution is 7.92. The van der Waals surface area contributed by atoms with Crippen molar-refractivity contribution in [2.45, 2.75) is 13.0 Å². The predicted molar refractivity (Wildman–Crippen MR) is 135 cm³/mol. The van der Waals surface area contributed by atoms with Crippen LogP contribution in [-0.4, -0.2) is 77.1 Å². The molecule has 0 saturated heterocycles. The molecule has 0 saturated carbocycles. The zero-order chi connectivity index (χ0) is 29.2. The zero-order valence-corrected chi connectivity index (χ0v) is 22.4. The van der Waals surface area contributed by atoms with Crippen LogP contribution < -0.4 is 0 Å². The molecule has 0 atom stereocenters. The predicted octanol–water partition coefficient (Wildman–Crippen LogP) is 2.30. The first-order chi connectivity index (χ1) is 18.2. The summed E-state index contributed by atoms with van der Waals surface area (Å²) in [7, 11) is -8.21. The maximum Gasteiger partial charge on any atom is 0.338 e. The van der Waals surface area contributed by atoms with Gasteiger partial charge < -0.3 is 14.2 Å². The van der Waals surface area contributed by atoms with E-state index < -0.39 is 91.5 Å². The minimum atomic E-state index is -4.11. The lowest BCUT2D eigenvalue weighted by atomic mass is 10.2. The van der Waals surface area contributed by atoms with Crippen molar-refractivity contribution >= 4 is 37.6 Å². The quantitative estimate of drug-likeness (QED) is 0.183. The topological polar surface area (TPSA) is 147 Å². The molecule has 0 N–H and O–H groups in total. The van der Waals surface area contributed by atoms with Gasteiger partial charge in [-0.15, -0.1) is 0 Å². The minimum Gasteiger partial charge on any atom is -0.461 e. The van der Waals surface area contributed by atoms with E-state index in [2.05, 4.69) is 6.58 Å². The summed E-state index contributed by atoms with van der Waals surface area (Å²) in [4.78, 5) is 35.9. The Hall–Kier alpha value is -3.65. The fourth-order valence-electron chi connectivity index (χ4n) is 2.96. The molecule has 0 fully saturated rings. The number of hydrogen-bond donors (Lipinski definition) is 0. The third-order valence-corrected chi connectivity index (χ3v) is 8.25. The van der Waals surface area contributed by atoms with Gasteiger partial charge in [-0.3, -0.25) is 0 Å². The minimum absolute atomic E-state index is 0.00622. The molecular weight excluding hydrogens is 562 g/mol. The average Bonchev–Trinajstić information content (AvgIpc) is 2.83. The Balaban J connectivity index is 1.97. The maximum absolute atomic E-state index is 13.0. The second-order valence-electron chi connectivity index (χ2n) is 8.32. The van der Waals surface area contributed by atoms with Crippen LogP contribution in [0.25, 0.3) is 0 Å². The monoisotopic (exact) mass is 588 g/mol. The van der Waals surface area contributed by atoms with Crippen LogP contribution in [0.4, 0.5) is 8.78 Å². The summed E-state index contributed by atoms with van der Waals surface area (Å²) in [5, 5.41) is 0. The van der Waals surface area contributed by atoms with Crippen molar-refractivity contribution in [1.29, 1.82) is 0 Å². The van der Waals surface area contributed by atoms with Crippen LogP contribution in [0.2, 0.25) is 0 Å². The van der Waals surface area contributed by atoms with Gasteiger partial charge in [-0.05, 0) is 55.5 Å². The summed E-state index contributed by atoms with van der Waals surface area (Å²) in [6.45, 7) is 3.47. The van der Waals surface area contributed by atoms with Crippen LogP contribution in [0.1, 0.15) is 27.6 Å². The summed E-state index contributed by atoms with van der Waals surface area (Å²) in [5.41, 5.74) is -0.113. The number of sulfone groups is 2. The highest BCUT2D eigenvalue weighted by Gasteiger charge is 2.29. The van der Waals surface area contributed by atoms with Gasteiger partial charge in [-0.2, -0.15) is 0 Å². The second kappa shape index (κ2) is 13.9. The van der Waals surface area contributed by atoms with Gasteiger partial charge in [0.15, 0.2) is 19.7 Å². The van der Waals surface area contributed by atoms with E-state index in [0.717, 1.165) is 48.5 Å². The number of halogens is 2. The Morgan fingerprint density at radius 2 is 1.10 bits per heavy atom. The molecular formula is C25H26F2O10S2. The van der Waals surface area contributed by atoms with Gasteiger partial charge in [-0.25, -0.2) is 40.0 Å². The third-order valence-electron chi connectivity index (χ3n) is 4.92. The molecule has 0 radical (unpaired) electrons. The highest BCUT2D eigenvalue weighted by atomic mass is 32.2. The van der Waals surface area contributed by atoms with Gasteiger partial charge >= 0.3 is 17.9 Å². The number of esters is 3. The molecule has 0 aliphatic rings. The van der Waals surface area contributed by atoms with E-state index in [9.17, 15) is 40.0 Å². The summed E-state index contributed by atoms with van der Waals surface area (Å²) in [6, 6.07) is 8.72. The van der Waals surface area contributed by atoms with Gasteiger partial charge in [0.1, 0.15) is 31.0 Å². The van der Waals surface area contributed by atoms with E-state index in [1.165, 1.54) is 6.92 Å². The van der Waals surface area contributed by atoms with Crippen molar-refractivity contribution in [3.63, 3.8) is 0 Å². The molecule has 0 aliphatic heterocycles. The number of benzene rings is 2. The molecule has 0 unspecified atom stereocenters. The number of carbonyl (C=O) groups is 3.